The molecule has 212 valence electrons. The number of alkyl halides is 6. The van der Waals surface area contributed by atoms with E-state index in [0.717, 1.165) is 23.8 Å². The number of hydrogen-bond acceptors (Lipinski definition) is 5. The maximum atomic E-state index is 12.5. The fraction of sp³-hybridized carbons (Fsp3) is 0.370. The Kier molecular flexibility index (Phi) is 11.5. The first kappa shape index (κ1) is 31.4. The number of carboxylic acids is 1. The zero-order valence-electron chi connectivity index (χ0n) is 21.0. The Morgan fingerprint density at radius 3 is 1.97 bits per heavy atom. The number of allylic oxidation sites excluding steroid dienone is 1. The number of carbonyl (C=O) groups is 1. The van der Waals surface area contributed by atoms with Crippen molar-refractivity contribution in [3.63, 3.8) is 0 Å². The molecule has 0 amide bonds. The van der Waals surface area contributed by atoms with Crippen molar-refractivity contribution < 1.29 is 55.2 Å². The molecule has 0 saturated heterocycles. The third kappa shape index (κ3) is 13.0. The van der Waals surface area contributed by atoms with Crippen LogP contribution in [0.3, 0.4) is 0 Å². The van der Waals surface area contributed by atoms with Crippen molar-refractivity contribution in [1.82, 2.24) is 0 Å². The number of rotatable bonds is 12. The van der Waals surface area contributed by atoms with Gasteiger partial charge in [0.05, 0.1) is 0 Å². The molecule has 0 bridgehead atoms. The second kappa shape index (κ2) is 14.3. The van der Waals surface area contributed by atoms with Gasteiger partial charge in [0.1, 0.15) is 23.9 Å². The molecule has 0 aromatic heterocycles. The number of halogens is 6. The molecule has 0 radical (unpaired) electrons. The molecule has 2 rings (SSSR count). The van der Waals surface area contributed by atoms with Crippen LogP contribution in [0.15, 0.2) is 54.1 Å². The Morgan fingerprint density at radius 1 is 0.923 bits per heavy atom. The first-order valence-corrected chi connectivity index (χ1v) is 11.5. The molecular formula is C27H26F6O6. The molecule has 0 aliphatic heterocycles. The molecule has 0 saturated carbocycles. The summed E-state index contributed by atoms with van der Waals surface area (Å²) in [6.07, 6.45) is -8.40. The Bertz CT molecular complexity index is 1140. The molecule has 6 nitrogen and oxygen atoms in total. The van der Waals surface area contributed by atoms with Crippen LogP contribution in [0.4, 0.5) is 26.3 Å². The van der Waals surface area contributed by atoms with E-state index in [-0.39, 0.29) is 36.7 Å². The van der Waals surface area contributed by atoms with Crippen molar-refractivity contribution in [2.75, 3.05) is 26.4 Å². The SMILES string of the molecule is CCOC(Cc1ccc(OC/C=C(\C)C#Cc2cc(OCC(F)(F)F)cc(OCC(F)(F)F)c2)cc1)C(=O)O. The van der Waals surface area contributed by atoms with Gasteiger partial charge in [-0.2, -0.15) is 26.3 Å². The normalized spacial score (nSPS) is 12.8. The molecule has 12 heteroatoms. The summed E-state index contributed by atoms with van der Waals surface area (Å²) in [6, 6.07) is 10.0. The van der Waals surface area contributed by atoms with Gasteiger partial charge in [-0.15, -0.1) is 0 Å². The van der Waals surface area contributed by atoms with Crippen molar-refractivity contribution in [2.24, 2.45) is 0 Å². The minimum Gasteiger partial charge on any atom is -0.490 e. The topological polar surface area (TPSA) is 74.2 Å². The molecule has 39 heavy (non-hydrogen) atoms. The van der Waals surface area contributed by atoms with Crippen LogP contribution < -0.4 is 14.2 Å². The van der Waals surface area contributed by atoms with E-state index in [2.05, 4.69) is 21.3 Å². The summed E-state index contributed by atoms with van der Waals surface area (Å²) < 4.78 is 95.0. The lowest BCUT2D eigenvalue weighted by Gasteiger charge is -2.13. The van der Waals surface area contributed by atoms with Crippen molar-refractivity contribution >= 4 is 5.97 Å². The van der Waals surface area contributed by atoms with E-state index in [1.54, 1.807) is 44.2 Å². The first-order valence-electron chi connectivity index (χ1n) is 11.5. The second-order valence-electron chi connectivity index (χ2n) is 8.08. The third-order valence-electron chi connectivity index (χ3n) is 4.72. The molecule has 0 spiro atoms. The summed E-state index contributed by atoms with van der Waals surface area (Å²) in [7, 11) is 0. The van der Waals surface area contributed by atoms with Crippen molar-refractivity contribution in [3.8, 4) is 29.1 Å². The summed E-state index contributed by atoms with van der Waals surface area (Å²) in [6.45, 7) is 0.479. The highest BCUT2D eigenvalue weighted by atomic mass is 19.4. The van der Waals surface area contributed by atoms with Gasteiger partial charge < -0.3 is 24.1 Å². The number of ether oxygens (including phenoxy) is 4. The molecular weight excluding hydrogens is 534 g/mol. The third-order valence-corrected chi connectivity index (χ3v) is 4.72. The van der Waals surface area contributed by atoms with Gasteiger partial charge in [-0.1, -0.05) is 24.0 Å². The lowest BCUT2D eigenvalue weighted by Crippen LogP contribution is -2.26. The Labute approximate surface area is 221 Å². The molecule has 1 atom stereocenters. The van der Waals surface area contributed by atoms with Crippen LogP contribution in [0, 0.1) is 11.8 Å². The monoisotopic (exact) mass is 560 g/mol. The Balaban J connectivity index is 2.04. The van der Waals surface area contributed by atoms with E-state index in [9.17, 15) is 36.2 Å². The van der Waals surface area contributed by atoms with E-state index < -0.39 is 37.6 Å². The predicted octanol–water partition coefficient (Wildman–Crippen LogP) is 5.98. The fourth-order valence-corrected chi connectivity index (χ4v) is 2.98. The van der Waals surface area contributed by atoms with Gasteiger partial charge >= 0.3 is 18.3 Å². The highest BCUT2D eigenvalue weighted by Crippen LogP contribution is 2.26. The molecule has 1 unspecified atom stereocenters. The van der Waals surface area contributed by atoms with Gasteiger partial charge in [0.25, 0.3) is 0 Å². The largest absolute Gasteiger partial charge is 0.490 e. The van der Waals surface area contributed by atoms with Crippen LogP contribution >= 0.6 is 0 Å². The van der Waals surface area contributed by atoms with Crippen LogP contribution in [0.2, 0.25) is 0 Å². The number of hydrogen-bond donors (Lipinski definition) is 1. The smallest absolute Gasteiger partial charge is 0.422 e. The second-order valence-corrected chi connectivity index (χ2v) is 8.08. The summed E-state index contributed by atoms with van der Waals surface area (Å²) in [5.74, 6) is 4.17. The minimum absolute atomic E-state index is 0.0859. The molecule has 0 heterocycles. The van der Waals surface area contributed by atoms with Gasteiger partial charge in [-0.3, -0.25) is 0 Å². The van der Waals surface area contributed by atoms with Crippen molar-refractivity contribution in [1.29, 1.82) is 0 Å². The maximum Gasteiger partial charge on any atom is 0.422 e. The average molecular weight is 560 g/mol. The highest BCUT2D eigenvalue weighted by molar-refractivity contribution is 5.72. The summed E-state index contributed by atoms with van der Waals surface area (Å²) in [4.78, 5) is 11.2. The molecule has 1 N–H and O–H groups in total. The van der Waals surface area contributed by atoms with Crippen LogP contribution in [0.5, 0.6) is 17.2 Å². The zero-order chi connectivity index (χ0) is 29.1. The lowest BCUT2D eigenvalue weighted by atomic mass is 10.1. The standard InChI is InChI=1S/C27H26F6O6/c1-3-36-24(25(34)35)14-19-6-8-21(9-7-19)37-11-10-18(2)4-5-20-12-22(38-16-26(28,29)30)15-23(13-20)39-17-27(31,32)33/h6-10,12-13,15,24H,3,11,14,16-17H2,1-2H3,(H,34,35)/b18-10+. The number of carboxylic acid groups (broad SMARTS) is 1. The van der Waals surface area contributed by atoms with Crippen LogP contribution in [0.1, 0.15) is 25.0 Å². The summed E-state index contributed by atoms with van der Waals surface area (Å²) in [5, 5.41) is 9.18. The van der Waals surface area contributed by atoms with Crippen LogP contribution in [0.25, 0.3) is 0 Å². The van der Waals surface area contributed by atoms with Crippen molar-refractivity contribution in [2.45, 2.75) is 38.7 Å². The quantitative estimate of drug-likeness (QED) is 0.255. The van der Waals surface area contributed by atoms with Gasteiger partial charge in [0, 0.05) is 24.7 Å². The Hall–Kier alpha value is -3.85. The number of benzene rings is 2. The highest BCUT2D eigenvalue weighted by Gasteiger charge is 2.30. The van der Waals surface area contributed by atoms with Gasteiger partial charge in [-0.05, 0) is 55.3 Å². The van der Waals surface area contributed by atoms with Crippen LogP contribution in [-0.4, -0.2) is 56.0 Å². The lowest BCUT2D eigenvalue weighted by molar-refractivity contribution is -0.154. The van der Waals surface area contributed by atoms with E-state index in [1.807, 2.05) is 0 Å². The maximum absolute atomic E-state index is 12.5. The van der Waals surface area contributed by atoms with Crippen LogP contribution in [-0.2, 0) is 16.0 Å². The molecule has 0 aliphatic rings. The summed E-state index contributed by atoms with van der Waals surface area (Å²) in [5.41, 5.74) is 1.36. The summed E-state index contributed by atoms with van der Waals surface area (Å²) >= 11 is 0. The average Bonchev–Trinajstić information content (AvgIpc) is 2.85. The predicted molar refractivity (Wildman–Crippen MR) is 129 cm³/mol. The fourth-order valence-electron chi connectivity index (χ4n) is 2.98. The number of aliphatic carboxylic acids is 1. The molecule has 2 aromatic carbocycles. The molecule has 2 aromatic rings. The zero-order valence-corrected chi connectivity index (χ0v) is 21.0. The van der Waals surface area contributed by atoms with Gasteiger partial charge in [0.15, 0.2) is 19.3 Å². The minimum atomic E-state index is -4.64. The Morgan fingerprint density at radius 2 is 1.49 bits per heavy atom. The van der Waals surface area contributed by atoms with E-state index in [4.69, 9.17) is 9.47 Å². The molecule has 0 aliphatic carbocycles. The first-order chi connectivity index (χ1) is 18.2. The van der Waals surface area contributed by atoms with E-state index >= 15 is 0 Å². The van der Waals surface area contributed by atoms with E-state index in [1.165, 1.54) is 0 Å². The van der Waals surface area contributed by atoms with Crippen molar-refractivity contribution in [3.05, 3.63) is 65.2 Å². The molecule has 0 fully saturated rings. The van der Waals surface area contributed by atoms with Gasteiger partial charge in [-0.25, -0.2) is 4.79 Å². The van der Waals surface area contributed by atoms with E-state index in [0.29, 0.717) is 11.3 Å². The van der Waals surface area contributed by atoms with Gasteiger partial charge in [0.2, 0.25) is 0 Å².